The molecule has 1 rings (SSSR count). The lowest BCUT2D eigenvalue weighted by Crippen LogP contribution is -2.38. The fourth-order valence-corrected chi connectivity index (χ4v) is 2.77. The maximum absolute atomic E-state index is 12.0. The Balaban J connectivity index is 2.49. The van der Waals surface area contributed by atoms with E-state index in [0.717, 1.165) is 25.7 Å². The molecule has 0 saturated heterocycles. The van der Waals surface area contributed by atoms with E-state index in [4.69, 9.17) is 0 Å². The standard InChI is InChI=1S/C15H26N2O4/c1-17(2)13(19)7-10-16-12(18)11-15(14(20)21)8-5-3-4-6-9-15/h3-11H2,1-2H3,(H,16,18)(H,20,21). The van der Waals surface area contributed by atoms with Gasteiger partial charge in [-0.05, 0) is 12.8 Å². The number of hydrogen-bond donors (Lipinski definition) is 2. The highest BCUT2D eigenvalue weighted by atomic mass is 16.4. The van der Waals surface area contributed by atoms with Gasteiger partial charge in [0.2, 0.25) is 11.8 Å². The molecule has 6 heteroatoms. The Labute approximate surface area is 125 Å². The van der Waals surface area contributed by atoms with E-state index in [-0.39, 0.29) is 31.2 Å². The van der Waals surface area contributed by atoms with Crippen LogP contribution in [0.5, 0.6) is 0 Å². The van der Waals surface area contributed by atoms with Crippen LogP contribution < -0.4 is 5.32 Å². The number of carbonyl (C=O) groups excluding carboxylic acids is 2. The van der Waals surface area contributed by atoms with Gasteiger partial charge < -0.3 is 15.3 Å². The number of nitrogens with one attached hydrogen (secondary N) is 1. The highest BCUT2D eigenvalue weighted by Gasteiger charge is 2.40. The van der Waals surface area contributed by atoms with Crippen LogP contribution in [0.25, 0.3) is 0 Å². The Kier molecular flexibility index (Phi) is 6.65. The number of carboxylic acid groups (broad SMARTS) is 1. The molecule has 0 atom stereocenters. The molecule has 21 heavy (non-hydrogen) atoms. The Morgan fingerprint density at radius 2 is 1.67 bits per heavy atom. The highest BCUT2D eigenvalue weighted by Crippen LogP contribution is 2.38. The maximum atomic E-state index is 12.0. The molecule has 0 heterocycles. The fraction of sp³-hybridized carbons (Fsp3) is 0.800. The van der Waals surface area contributed by atoms with Crippen LogP contribution in [0.1, 0.15) is 51.4 Å². The highest BCUT2D eigenvalue weighted by molar-refractivity contribution is 5.85. The molecule has 0 aromatic heterocycles. The first-order valence-electron chi connectivity index (χ1n) is 7.58. The lowest BCUT2D eigenvalue weighted by atomic mass is 9.77. The van der Waals surface area contributed by atoms with Gasteiger partial charge in [-0.25, -0.2) is 0 Å². The van der Waals surface area contributed by atoms with E-state index in [1.165, 1.54) is 4.90 Å². The molecule has 6 nitrogen and oxygen atoms in total. The van der Waals surface area contributed by atoms with Crippen molar-refractivity contribution in [3.05, 3.63) is 0 Å². The minimum absolute atomic E-state index is 0.0124. The number of amides is 2. The van der Waals surface area contributed by atoms with E-state index in [0.29, 0.717) is 12.8 Å². The number of carbonyl (C=O) groups is 3. The molecule has 120 valence electrons. The zero-order valence-corrected chi connectivity index (χ0v) is 13.0. The van der Waals surface area contributed by atoms with Crippen molar-refractivity contribution in [1.82, 2.24) is 10.2 Å². The van der Waals surface area contributed by atoms with Crippen molar-refractivity contribution in [3.8, 4) is 0 Å². The van der Waals surface area contributed by atoms with Crippen molar-refractivity contribution in [2.45, 2.75) is 51.4 Å². The zero-order valence-electron chi connectivity index (χ0n) is 13.0. The van der Waals surface area contributed by atoms with Crippen LogP contribution in [-0.4, -0.2) is 48.4 Å². The third kappa shape index (κ3) is 5.36. The van der Waals surface area contributed by atoms with Gasteiger partial charge in [0, 0.05) is 33.5 Å². The summed E-state index contributed by atoms with van der Waals surface area (Å²) in [5.74, 6) is -1.20. The topological polar surface area (TPSA) is 86.7 Å². The molecule has 0 bridgehead atoms. The number of aliphatic carboxylic acids is 1. The van der Waals surface area contributed by atoms with Crippen molar-refractivity contribution in [3.63, 3.8) is 0 Å². The van der Waals surface area contributed by atoms with E-state index in [1.54, 1.807) is 14.1 Å². The third-order valence-electron chi connectivity index (χ3n) is 4.17. The molecule has 0 unspecified atom stereocenters. The van der Waals surface area contributed by atoms with Crippen LogP contribution in [0.2, 0.25) is 0 Å². The average molecular weight is 298 g/mol. The summed E-state index contributed by atoms with van der Waals surface area (Å²) in [5.41, 5.74) is -0.924. The fourth-order valence-electron chi connectivity index (χ4n) is 2.77. The van der Waals surface area contributed by atoms with E-state index in [2.05, 4.69) is 5.32 Å². The van der Waals surface area contributed by atoms with Crippen LogP contribution in [0.3, 0.4) is 0 Å². The van der Waals surface area contributed by atoms with E-state index < -0.39 is 11.4 Å². The predicted molar refractivity (Wildman–Crippen MR) is 78.7 cm³/mol. The molecule has 1 saturated carbocycles. The maximum Gasteiger partial charge on any atom is 0.310 e. The van der Waals surface area contributed by atoms with Crippen molar-refractivity contribution in [2.24, 2.45) is 5.41 Å². The van der Waals surface area contributed by atoms with Crippen LogP contribution in [-0.2, 0) is 14.4 Å². The van der Waals surface area contributed by atoms with Crippen LogP contribution in [0.4, 0.5) is 0 Å². The first kappa shape index (κ1) is 17.5. The van der Waals surface area contributed by atoms with Crippen LogP contribution >= 0.6 is 0 Å². The second kappa shape index (κ2) is 8.00. The van der Waals surface area contributed by atoms with Crippen molar-refractivity contribution in [2.75, 3.05) is 20.6 Å². The van der Waals surface area contributed by atoms with Crippen molar-refractivity contribution < 1.29 is 19.5 Å². The van der Waals surface area contributed by atoms with Gasteiger partial charge in [0.15, 0.2) is 0 Å². The van der Waals surface area contributed by atoms with Gasteiger partial charge in [0.05, 0.1) is 5.41 Å². The number of rotatable bonds is 6. The van der Waals surface area contributed by atoms with Gasteiger partial charge in [0.1, 0.15) is 0 Å². The normalized spacial score (nSPS) is 17.6. The molecular formula is C15H26N2O4. The molecular weight excluding hydrogens is 272 g/mol. The summed E-state index contributed by atoms with van der Waals surface area (Å²) in [6.45, 7) is 0.256. The molecule has 0 aromatic rings. The Morgan fingerprint density at radius 3 is 2.14 bits per heavy atom. The van der Waals surface area contributed by atoms with Gasteiger partial charge in [-0.1, -0.05) is 25.7 Å². The molecule has 0 aliphatic heterocycles. The molecule has 2 amide bonds. The Hall–Kier alpha value is -1.59. The summed E-state index contributed by atoms with van der Waals surface area (Å²) in [7, 11) is 3.32. The van der Waals surface area contributed by atoms with Crippen molar-refractivity contribution >= 4 is 17.8 Å². The summed E-state index contributed by atoms with van der Waals surface area (Å²) in [6, 6.07) is 0. The Bertz CT molecular complexity index is 385. The quantitative estimate of drug-likeness (QED) is 0.726. The summed E-state index contributed by atoms with van der Waals surface area (Å²) >= 11 is 0. The van der Waals surface area contributed by atoms with Crippen LogP contribution in [0, 0.1) is 5.41 Å². The Morgan fingerprint density at radius 1 is 1.10 bits per heavy atom. The molecule has 1 fully saturated rings. The lowest BCUT2D eigenvalue weighted by Gasteiger charge is -2.27. The summed E-state index contributed by atoms with van der Waals surface area (Å²) in [5, 5.41) is 12.2. The second-order valence-corrected chi connectivity index (χ2v) is 6.06. The lowest BCUT2D eigenvalue weighted by molar-refractivity contribution is -0.153. The smallest absolute Gasteiger partial charge is 0.310 e. The molecule has 1 aliphatic rings. The zero-order chi connectivity index (χ0) is 15.9. The van der Waals surface area contributed by atoms with E-state index >= 15 is 0 Å². The van der Waals surface area contributed by atoms with Gasteiger partial charge in [-0.15, -0.1) is 0 Å². The molecule has 2 N–H and O–H groups in total. The van der Waals surface area contributed by atoms with Gasteiger partial charge >= 0.3 is 5.97 Å². The SMILES string of the molecule is CN(C)C(=O)CCNC(=O)CC1(C(=O)O)CCCCCC1. The predicted octanol–water partition coefficient (Wildman–Crippen LogP) is 1.40. The minimum Gasteiger partial charge on any atom is -0.481 e. The summed E-state index contributed by atoms with van der Waals surface area (Å²) in [6.07, 6.45) is 5.16. The molecule has 0 aromatic carbocycles. The third-order valence-corrected chi connectivity index (χ3v) is 4.17. The monoisotopic (exact) mass is 298 g/mol. The van der Waals surface area contributed by atoms with Gasteiger partial charge in [-0.2, -0.15) is 0 Å². The first-order valence-corrected chi connectivity index (χ1v) is 7.58. The second-order valence-electron chi connectivity index (χ2n) is 6.06. The summed E-state index contributed by atoms with van der Waals surface area (Å²) in [4.78, 5) is 36.5. The number of hydrogen-bond acceptors (Lipinski definition) is 3. The average Bonchev–Trinajstić information content (AvgIpc) is 2.65. The minimum atomic E-state index is -0.924. The van der Waals surface area contributed by atoms with Gasteiger partial charge in [-0.3, -0.25) is 14.4 Å². The van der Waals surface area contributed by atoms with Crippen LogP contribution in [0.15, 0.2) is 0 Å². The first-order chi connectivity index (χ1) is 9.87. The number of nitrogens with zero attached hydrogens (tertiary/aromatic N) is 1. The van der Waals surface area contributed by atoms with E-state index in [9.17, 15) is 19.5 Å². The molecule has 0 radical (unpaired) electrons. The molecule has 1 aliphatic carbocycles. The summed E-state index contributed by atoms with van der Waals surface area (Å²) < 4.78 is 0. The van der Waals surface area contributed by atoms with Crippen molar-refractivity contribution in [1.29, 1.82) is 0 Å². The largest absolute Gasteiger partial charge is 0.481 e. The molecule has 0 spiro atoms. The van der Waals surface area contributed by atoms with Gasteiger partial charge in [0.25, 0.3) is 0 Å². The number of carboxylic acids is 1. The van der Waals surface area contributed by atoms with E-state index in [1.807, 2.05) is 0 Å².